The van der Waals surface area contributed by atoms with Gasteiger partial charge in [0.05, 0.1) is 17.3 Å². The number of fused-ring (bicyclic) bond motifs is 1. The molecule has 4 N–H and O–H groups in total. The van der Waals surface area contributed by atoms with Crippen molar-refractivity contribution in [3.05, 3.63) is 76.9 Å². The van der Waals surface area contributed by atoms with Gasteiger partial charge in [-0.1, -0.05) is 45.0 Å². The van der Waals surface area contributed by atoms with Crippen LogP contribution in [0.5, 0.6) is 0 Å². The number of carbonyl (C=O) groups excluding carboxylic acids is 2. The summed E-state index contributed by atoms with van der Waals surface area (Å²) in [5.41, 5.74) is 6.69. The Hall–Kier alpha value is -4.39. The molecule has 2 aliphatic rings. The Morgan fingerprint density at radius 3 is 2.53 bits per heavy atom. The van der Waals surface area contributed by atoms with Crippen LogP contribution in [-0.2, 0) is 46.9 Å². The highest BCUT2D eigenvalue weighted by atomic mass is 19.1. The second-order valence-electron chi connectivity index (χ2n) is 14.8. The number of aryl methyl sites for hydroxylation is 2. The maximum Gasteiger partial charge on any atom is 0.233 e. The molecule has 0 bridgehead atoms. The van der Waals surface area contributed by atoms with Crippen LogP contribution in [0, 0.1) is 17.7 Å². The summed E-state index contributed by atoms with van der Waals surface area (Å²) in [5.74, 6) is -2.22. The molecule has 6 rings (SSSR count). The molecular weight excluding hydrogens is 672 g/mol. The number of carbonyl (C=O) groups is 2. The Morgan fingerprint density at radius 2 is 1.81 bits per heavy atom. The van der Waals surface area contributed by atoms with Crippen LogP contribution in [0.15, 0.2) is 48.7 Å². The Balaban J connectivity index is 1.14. The Morgan fingerprint density at radius 1 is 1.04 bits per heavy atom. The quantitative estimate of drug-likeness (QED) is 0.127. The molecule has 0 aliphatic carbocycles. The number of amides is 2. The standard InChI is InChI=1S/C41H55FN8O3/c1-6-36-33(38(47-31-13-17-53-18-14-31)34-23-46-50(7-2)39(34)48-36)22-45-41(52)37(26(3)4)40(51)44-21-28-11-12-35(42)32(20-28)30-10-8-9-29(19-30)25-49-16-15-43-27(5)24-49/h8-12,19-20,23,26-27,31,37,43H,6-7,13-18,21-22,24-25H2,1-5H3,(H,44,51)(H,45,52)(H,47,48)/t27-,37?/m0/s1. The summed E-state index contributed by atoms with van der Waals surface area (Å²) in [6, 6.07) is 13.6. The van der Waals surface area contributed by atoms with E-state index in [4.69, 9.17) is 9.72 Å². The summed E-state index contributed by atoms with van der Waals surface area (Å²) in [6.45, 7) is 16.2. The molecule has 0 radical (unpaired) electrons. The largest absolute Gasteiger partial charge is 0.381 e. The molecule has 53 heavy (non-hydrogen) atoms. The molecular formula is C41H55FN8O3. The molecule has 2 aromatic heterocycles. The first kappa shape index (κ1) is 38.3. The fourth-order valence-corrected chi connectivity index (χ4v) is 7.56. The summed E-state index contributed by atoms with van der Waals surface area (Å²) in [7, 11) is 0. The summed E-state index contributed by atoms with van der Waals surface area (Å²) in [6.07, 6.45) is 4.28. The van der Waals surface area contributed by atoms with E-state index < -0.39 is 5.92 Å². The van der Waals surface area contributed by atoms with E-state index in [2.05, 4.69) is 51.2 Å². The summed E-state index contributed by atoms with van der Waals surface area (Å²) in [4.78, 5) is 34.8. The lowest BCUT2D eigenvalue weighted by molar-refractivity contribution is -0.137. The van der Waals surface area contributed by atoms with E-state index in [1.165, 1.54) is 6.07 Å². The number of anilines is 1. The van der Waals surface area contributed by atoms with Crippen molar-refractivity contribution in [2.24, 2.45) is 11.8 Å². The van der Waals surface area contributed by atoms with Crippen LogP contribution in [0.25, 0.3) is 22.2 Å². The van der Waals surface area contributed by atoms with Gasteiger partial charge < -0.3 is 26.0 Å². The van der Waals surface area contributed by atoms with Crippen molar-refractivity contribution in [1.29, 1.82) is 0 Å². The SMILES string of the molecule is CCc1nc2c(cnn2CC)c(NC2CCOCC2)c1CNC(=O)C(C(=O)NCc1ccc(F)c(-c2cccc(CN3CCN[C@@H](C)C3)c2)c1)C(C)C. The number of pyridine rings is 1. The molecule has 0 saturated carbocycles. The first-order valence-electron chi connectivity index (χ1n) is 19.3. The van der Waals surface area contributed by atoms with Gasteiger partial charge in [-0.05, 0) is 73.9 Å². The van der Waals surface area contributed by atoms with Crippen LogP contribution in [0.2, 0.25) is 0 Å². The Kier molecular flexibility index (Phi) is 12.7. The highest BCUT2D eigenvalue weighted by molar-refractivity contribution is 6.00. The zero-order valence-electron chi connectivity index (χ0n) is 31.8. The molecule has 11 nitrogen and oxygen atoms in total. The van der Waals surface area contributed by atoms with E-state index in [0.29, 0.717) is 37.8 Å². The number of piperazine rings is 1. The lowest BCUT2D eigenvalue weighted by Gasteiger charge is -2.31. The Bertz CT molecular complexity index is 1890. The van der Waals surface area contributed by atoms with E-state index in [-0.39, 0.29) is 42.7 Å². The van der Waals surface area contributed by atoms with E-state index in [9.17, 15) is 9.59 Å². The molecule has 4 aromatic rings. The normalized spacial score (nSPS) is 17.6. The predicted molar refractivity (Wildman–Crippen MR) is 207 cm³/mol. The van der Waals surface area contributed by atoms with Gasteiger partial charge in [-0.2, -0.15) is 5.10 Å². The van der Waals surface area contributed by atoms with Gasteiger partial charge in [0.15, 0.2) is 5.65 Å². The third-order valence-corrected chi connectivity index (χ3v) is 10.4. The van der Waals surface area contributed by atoms with Crippen LogP contribution >= 0.6 is 0 Å². The van der Waals surface area contributed by atoms with Crippen LogP contribution in [0.1, 0.15) is 69.8 Å². The van der Waals surface area contributed by atoms with Crippen LogP contribution in [0.3, 0.4) is 0 Å². The highest BCUT2D eigenvalue weighted by Gasteiger charge is 2.31. The fourth-order valence-electron chi connectivity index (χ4n) is 7.56. The molecule has 2 atom stereocenters. The molecule has 2 fully saturated rings. The minimum absolute atomic E-state index is 0.169. The smallest absolute Gasteiger partial charge is 0.233 e. The first-order chi connectivity index (χ1) is 25.6. The lowest BCUT2D eigenvalue weighted by Crippen LogP contribution is -2.48. The van der Waals surface area contributed by atoms with E-state index in [1.807, 2.05) is 49.8 Å². The van der Waals surface area contributed by atoms with Crippen molar-refractivity contribution >= 4 is 28.5 Å². The van der Waals surface area contributed by atoms with Crippen molar-refractivity contribution < 1.29 is 18.7 Å². The lowest BCUT2D eigenvalue weighted by atomic mass is 9.93. The van der Waals surface area contributed by atoms with Crippen molar-refractivity contribution in [1.82, 2.24) is 35.6 Å². The van der Waals surface area contributed by atoms with Gasteiger partial charge in [0.25, 0.3) is 0 Å². The van der Waals surface area contributed by atoms with Gasteiger partial charge in [-0.3, -0.25) is 14.5 Å². The third-order valence-electron chi connectivity index (χ3n) is 10.4. The number of rotatable bonds is 14. The second kappa shape index (κ2) is 17.6. The number of benzene rings is 2. The predicted octanol–water partition coefficient (Wildman–Crippen LogP) is 5.41. The number of halogens is 1. The maximum atomic E-state index is 15.2. The van der Waals surface area contributed by atoms with Gasteiger partial charge in [0, 0.05) is 87.9 Å². The van der Waals surface area contributed by atoms with Gasteiger partial charge in [0.1, 0.15) is 11.7 Å². The van der Waals surface area contributed by atoms with E-state index >= 15 is 4.39 Å². The molecule has 2 aromatic carbocycles. The topological polar surface area (TPSA) is 125 Å². The number of hydrogen-bond donors (Lipinski definition) is 4. The average Bonchev–Trinajstić information content (AvgIpc) is 3.57. The minimum atomic E-state index is -0.921. The average molecular weight is 727 g/mol. The summed E-state index contributed by atoms with van der Waals surface area (Å²) in [5, 5.41) is 18.8. The minimum Gasteiger partial charge on any atom is -0.381 e. The summed E-state index contributed by atoms with van der Waals surface area (Å²) >= 11 is 0. The number of aromatic nitrogens is 3. The molecule has 2 saturated heterocycles. The first-order valence-corrected chi connectivity index (χ1v) is 19.3. The number of nitrogens with one attached hydrogen (secondary N) is 4. The Labute approximate surface area is 312 Å². The van der Waals surface area contributed by atoms with E-state index in [0.717, 1.165) is 83.7 Å². The van der Waals surface area contributed by atoms with Crippen LogP contribution in [-0.4, -0.2) is 76.4 Å². The van der Waals surface area contributed by atoms with Crippen LogP contribution < -0.4 is 21.3 Å². The number of nitrogens with zero attached hydrogens (tertiary/aromatic N) is 4. The highest BCUT2D eigenvalue weighted by Crippen LogP contribution is 2.32. The molecule has 1 unspecified atom stereocenters. The fraction of sp³-hybridized carbons (Fsp3) is 0.512. The van der Waals surface area contributed by atoms with Crippen molar-refractivity contribution in [3.63, 3.8) is 0 Å². The van der Waals surface area contributed by atoms with E-state index in [1.54, 1.807) is 12.1 Å². The molecule has 2 amide bonds. The third kappa shape index (κ3) is 9.23. The van der Waals surface area contributed by atoms with Gasteiger partial charge in [-0.25, -0.2) is 14.1 Å². The monoisotopic (exact) mass is 726 g/mol. The number of hydrogen-bond acceptors (Lipinski definition) is 8. The number of ether oxygens (including phenoxy) is 1. The molecule has 0 spiro atoms. The second-order valence-corrected chi connectivity index (χ2v) is 14.8. The van der Waals surface area contributed by atoms with Crippen molar-refractivity contribution in [2.75, 3.05) is 38.2 Å². The van der Waals surface area contributed by atoms with Crippen LogP contribution in [0.4, 0.5) is 10.1 Å². The van der Waals surface area contributed by atoms with Gasteiger partial charge >= 0.3 is 0 Å². The molecule has 12 heteroatoms. The zero-order chi connectivity index (χ0) is 37.5. The van der Waals surface area contributed by atoms with Crippen molar-refractivity contribution in [2.45, 2.75) is 92.1 Å². The molecule has 2 aliphatic heterocycles. The van der Waals surface area contributed by atoms with Gasteiger partial charge in [0.2, 0.25) is 11.8 Å². The maximum absolute atomic E-state index is 15.2. The van der Waals surface area contributed by atoms with Crippen molar-refractivity contribution in [3.8, 4) is 11.1 Å². The molecule has 4 heterocycles. The van der Waals surface area contributed by atoms with Gasteiger partial charge in [-0.15, -0.1) is 0 Å². The zero-order valence-corrected chi connectivity index (χ0v) is 31.8. The summed E-state index contributed by atoms with van der Waals surface area (Å²) < 4.78 is 22.7. The molecule has 284 valence electrons.